The predicted octanol–water partition coefficient (Wildman–Crippen LogP) is 4.37. The number of nitrogens with two attached hydrogens (primary N) is 1. The summed E-state index contributed by atoms with van der Waals surface area (Å²) in [6.45, 7) is 0. The number of para-hydroxylation sites is 2. The first-order valence-corrected chi connectivity index (χ1v) is 10.4. The summed E-state index contributed by atoms with van der Waals surface area (Å²) in [6, 6.07) is 20.4. The lowest BCUT2D eigenvalue weighted by Crippen LogP contribution is -2.15. The van der Waals surface area contributed by atoms with Crippen molar-refractivity contribution in [3.63, 3.8) is 0 Å². The van der Waals surface area contributed by atoms with Gasteiger partial charge in [-0.25, -0.2) is 14.5 Å². The van der Waals surface area contributed by atoms with E-state index in [1.54, 1.807) is 30.1 Å². The van der Waals surface area contributed by atoms with Crippen LogP contribution in [0.15, 0.2) is 73.1 Å². The lowest BCUT2D eigenvalue weighted by molar-refractivity contribution is 0.401. The third kappa shape index (κ3) is 2.95. The minimum atomic E-state index is -0.304. The first-order chi connectivity index (χ1) is 16.1. The lowest BCUT2D eigenvalue weighted by atomic mass is 9.83. The highest BCUT2D eigenvalue weighted by molar-refractivity contribution is 5.74. The first kappa shape index (κ1) is 19.1. The minimum absolute atomic E-state index is 0.112. The molecular weight excluding hydrogens is 418 g/mol. The molecule has 33 heavy (non-hydrogen) atoms. The molecule has 0 bridgehead atoms. The summed E-state index contributed by atoms with van der Waals surface area (Å²) in [5, 5.41) is 14.7. The monoisotopic (exact) mass is 437 g/mol. The summed E-state index contributed by atoms with van der Waals surface area (Å²) in [4.78, 5) is 9.36. The van der Waals surface area contributed by atoms with Crippen LogP contribution in [-0.4, -0.2) is 31.8 Å². The molecule has 0 saturated heterocycles. The van der Waals surface area contributed by atoms with Crippen LogP contribution >= 0.6 is 0 Å². The number of ether oxygens (including phenoxy) is 2. The highest BCUT2D eigenvalue weighted by Gasteiger charge is 2.35. The normalized spacial score (nSPS) is 14.4. The number of fused-ring (bicyclic) bond motifs is 4. The number of nitrogens with zero attached hydrogens (tertiary/aromatic N) is 4. The van der Waals surface area contributed by atoms with Crippen LogP contribution in [0.5, 0.6) is 23.1 Å². The maximum absolute atomic E-state index is 10.1. The molecule has 0 amide bonds. The van der Waals surface area contributed by atoms with E-state index in [1.807, 2.05) is 54.6 Å². The molecule has 1 aliphatic rings. The third-order valence-electron chi connectivity index (χ3n) is 5.84. The Morgan fingerprint density at radius 1 is 1.03 bits per heavy atom. The number of rotatable bonds is 3. The van der Waals surface area contributed by atoms with Crippen molar-refractivity contribution in [3.05, 3.63) is 89.7 Å². The summed E-state index contributed by atoms with van der Waals surface area (Å²) < 4.78 is 13.4. The van der Waals surface area contributed by atoms with Gasteiger partial charge in [0.05, 0.1) is 18.6 Å². The Hall–Kier alpha value is -4.59. The molecule has 3 N–H and O–H groups in total. The van der Waals surface area contributed by atoms with Gasteiger partial charge in [0.15, 0.2) is 11.5 Å². The van der Waals surface area contributed by atoms with E-state index in [4.69, 9.17) is 20.2 Å². The standard InChI is InChI=1S/C25H19N5O3/c1-32-19-9-5-3-7-16(19)21-17-11-10-14(31)12-20(17)33-25-22(21)24-28-23(29-30(24)13-27-25)15-6-2-4-8-18(15)26/h2-13,21,31H,26H2,1H3. The van der Waals surface area contributed by atoms with Gasteiger partial charge in [-0.2, -0.15) is 0 Å². The SMILES string of the molecule is COc1ccccc1C1c2ccc(O)cc2Oc2ncn3nc(-c4ccccc4N)nc3c21. The Bertz CT molecular complexity index is 1530. The molecule has 0 fully saturated rings. The zero-order valence-electron chi connectivity index (χ0n) is 17.6. The van der Waals surface area contributed by atoms with E-state index < -0.39 is 0 Å². The van der Waals surface area contributed by atoms with Gasteiger partial charge in [-0.15, -0.1) is 5.10 Å². The van der Waals surface area contributed by atoms with Crippen molar-refractivity contribution in [2.45, 2.75) is 5.92 Å². The molecule has 0 saturated carbocycles. The molecular formula is C25H19N5O3. The molecule has 0 spiro atoms. The van der Waals surface area contributed by atoms with E-state index in [2.05, 4.69) is 10.1 Å². The fourth-order valence-corrected chi connectivity index (χ4v) is 4.35. The molecule has 0 radical (unpaired) electrons. The summed E-state index contributed by atoms with van der Waals surface area (Å²) in [5.41, 5.74) is 10.7. The number of aromatic hydroxyl groups is 1. The van der Waals surface area contributed by atoms with Gasteiger partial charge in [0.2, 0.25) is 5.88 Å². The molecule has 8 nitrogen and oxygen atoms in total. The van der Waals surface area contributed by atoms with Gasteiger partial charge in [-0.1, -0.05) is 36.4 Å². The van der Waals surface area contributed by atoms with Crippen LogP contribution in [0.2, 0.25) is 0 Å². The Morgan fingerprint density at radius 2 is 1.85 bits per heavy atom. The Morgan fingerprint density at radius 3 is 2.70 bits per heavy atom. The Kier molecular flexibility index (Phi) is 4.19. The van der Waals surface area contributed by atoms with Gasteiger partial charge in [-0.3, -0.25) is 0 Å². The molecule has 6 rings (SSSR count). The summed E-state index contributed by atoms with van der Waals surface area (Å²) in [5.74, 6) is 1.96. The minimum Gasteiger partial charge on any atom is -0.508 e. The van der Waals surface area contributed by atoms with Crippen LogP contribution in [0.1, 0.15) is 22.6 Å². The zero-order valence-corrected chi connectivity index (χ0v) is 17.6. The van der Waals surface area contributed by atoms with Crippen molar-refractivity contribution in [1.29, 1.82) is 0 Å². The maximum atomic E-state index is 10.1. The molecule has 5 aromatic rings. The molecule has 8 heteroatoms. The van der Waals surface area contributed by atoms with Gasteiger partial charge in [-0.05, 0) is 24.3 Å². The fraction of sp³-hybridized carbons (Fsp3) is 0.0800. The second-order valence-corrected chi connectivity index (χ2v) is 7.75. The maximum Gasteiger partial charge on any atom is 0.228 e. The second-order valence-electron chi connectivity index (χ2n) is 7.75. The average Bonchev–Trinajstić information content (AvgIpc) is 3.27. The van der Waals surface area contributed by atoms with E-state index >= 15 is 0 Å². The quantitative estimate of drug-likeness (QED) is 0.396. The van der Waals surface area contributed by atoms with Gasteiger partial charge < -0.3 is 20.3 Å². The van der Waals surface area contributed by atoms with Crippen LogP contribution in [0, 0.1) is 0 Å². The number of phenols is 1. The van der Waals surface area contributed by atoms with Crippen molar-refractivity contribution in [2.24, 2.45) is 0 Å². The number of anilines is 1. The van der Waals surface area contributed by atoms with Crippen molar-refractivity contribution in [2.75, 3.05) is 12.8 Å². The molecule has 0 aliphatic carbocycles. The third-order valence-corrected chi connectivity index (χ3v) is 5.84. The highest BCUT2D eigenvalue weighted by atomic mass is 16.5. The topological polar surface area (TPSA) is 108 Å². The largest absolute Gasteiger partial charge is 0.508 e. The van der Waals surface area contributed by atoms with E-state index in [9.17, 15) is 5.11 Å². The molecule has 1 aliphatic heterocycles. The van der Waals surface area contributed by atoms with Crippen LogP contribution < -0.4 is 15.2 Å². The zero-order chi connectivity index (χ0) is 22.5. The van der Waals surface area contributed by atoms with Crippen molar-refractivity contribution in [1.82, 2.24) is 19.6 Å². The summed E-state index contributed by atoms with van der Waals surface area (Å²) in [7, 11) is 1.64. The van der Waals surface area contributed by atoms with Crippen LogP contribution in [0.25, 0.3) is 17.0 Å². The smallest absolute Gasteiger partial charge is 0.228 e. The second kappa shape index (κ2) is 7.23. The molecule has 2 aromatic heterocycles. The summed E-state index contributed by atoms with van der Waals surface area (Å²) >= 11 is 0. The lowest BCUT2D eigenvalue weighted by Gasteiger charge is -2.28. The highest BCUT2D eigenvalue weighted by Crippen LogP contribution is 2.50. The van der Waals surface area contributed by atoms with E-state index in [-0.39, 0.29) is 11.7 Å². The van der Waals surface area contributed by atoms with Crippen LogP contribution in [0.4, 0.5) is 5.69 Å². The number of hydrogen-bond donors (Lipinski definition) is 2. The Balaban J connectivity index is 1.65. The van der Waals surface area contributed by atoms with Gasteiger partial charge in [0.25, 0.3) is 0 Å². The van der Waals surface area contributed by atoms with Crippen molar-refractivity contribution < 1.29 is 14.6 Å². The molecule has 162 valence electrons. The van der Waals surface area contributed by atoms with Crippen LogP contribution in [-0.2, 0) is 0 Å². The van der Waals surface area contributed by atoms with Gasteiger partial charge in [0.1, 0.15) is 23.6 Å². The van der Waals surface area contributed by atoms with Gasteiger partial charge in [0, 0.05) is 28.4 Å². The number of hydrogen-bond acceptors (Lipinski definition) is 7. The van der Waals surface area contributed by atoms with Crippen molar-refractivity contribution >= 4 is 11.3 Å². The number of phenolic OH excluding ortho intramolecular Hbond substituents is 1. The number of benzene rings is 3. The average molecular weight is 437 g/mol. The number of nitrogen functional groups attached to an aromatic ring is 1. The summed E-state index contributed by atoms with van der Waals surface area (Å²) in [6.07, 6.45) is 1.57. The molecule has 3 heterocycles. The van der Waals surface area contributed by atoms with E-state index in [0.29, 0.717) is 28.8 Å². The van der Waals surface area contributed by atoms with Crippen LogP contribution in [0.3, 0.4) is 0 Å². The van der Waals surface area contributed by atoms with Gasteiger partial charge >= 0.3 is 0 Å². The van der Waals surface area contributed by atoms with E-state index in [1.165, 1.54) is 0 Å². The molecule has 3 aromatic carbocycles. The Labute approximate surface area is 188 Å². The van der Waals surface area contributed by atoms with Crippen molar-refractivity contribution in [3.8, 4) is 34.5 Å². The number of aromatic nitrogens is 4. The fourth-order valence-electron chi connectivity index (χ4n) is 4.35. The molecule has 1 atom stereocenters. The first-order valence-electron chi connectivity index (χ1n) is 10.4. The van der Waals surface area contributed by atoms with E-state index in [0.717, 1.165) is 28.0 Å². The molecule has 1 unspecified atom stereocenters. The predicted molar refractivity (Wildman–Crippen MR) is 123 cm³/mol. The number of methoxy groups -OCH3 is 1.